The highest BCUT2D eigenvalue weighted by Gasteiger charge is 2.16. The van der Waals surface area contributed by atoms with Crippen molar-refractivity contribution in [3.05, 3.63) is 70.4 Å². The van der Waals surface area contributed by atoms with Crippen LogP contribution in [0.5, 0.6) is 5.75 Å². The van der Waals surface area contributed by atoms with Gasteiger partial charge >= 0.3 is 5.97 Å². The molecule has 0 aliphatic heterocycles. The lowest BCUT2D eigenvalue weighted by Crippen LogP contribution is -2.21. The van der Waals surface area contributed by atoms with Gasteiger partial charge in [-0.05, 0) is 18.2 Å². The zero-order valence-corrected chi connectivity index (χ0v) is 14.7. The minimum absolute atomic E-state index is 0.0689. The fourth-order valence-electron chi connectivity index (χ4n) is 2.48. The lowest BCUT2D eigenvalue weighted by Gasteiger charge is -2.10. The first-order chi connectivity index (χ1) is 13.5. The first kappa shape index (κ1) is 18.8. The Morgan fingerprint density at radius 2 is 1.93 bits per heavy atom. The standard InChI is InChI=1S/C19H15N3O6/c1-27-17-9-7-13(22(25)26)10-16(17)21-18(23)11-28-19(24)15-8-6-12-4-2-3-5-14(12)20-15/h2-10H,11H2,1H3,(H,21,23). The molecule has 0 spiro atoms. The molecule has 0 aliphatic carbocycles. The second-order valence-electron chi connectivity index (χ2n) is 5.66. The number of nitrogens with one attached hydrogen (secondary N) is 1. The fourth-order valence-corrected chi connectivity index (χ4v) is 2.48. The summed E-state index contributed by atoms with van der Waals surface area (Å²) in [7, 11) is 1.36. The summed E-state index contributed by atoms with van der Waals surface area (Å²) in [6.45, 7) is -0.584. The highest BCUT2D eigenvalue weighted by Crippen LogP contribution is 2.28. The van der Waals surface area contributed by atoms with Crippen LogP contribution in [-0.4, -0.2) is 35.5 Å². The Balaban J connectivity index is 1.65. The van der Waals surface area contributed by atoms with Crippen LogP contribution in [0.25, 0.3) is 10.9 Å². The van der Waals surface area contributed by atoms with Gasteiger partial charge in [-0.3, -0.25) is 14.9 Å². The maximum Gasteiger partial charge on any atom is 0.357 e. The first-order valence-electron chi connectivity index (χ1n) is 8.13. The number of anilines is 1. The Labute approximate surface area is 159 Å². The molecule has 1 heterocycles. The Morgan fingerprint density at radius 1 is 1.14 bits per heavy atom. The number of esters is 1. The number of para-hydroxylation sites is 1. The second kappa shape index (κ2) is 8.12. The number of carbonyl (C=O) groups excluding carboxylic acids is 2. The number of aromatic nitrogens is 1. The van der Waals surface area contributed by atoms with Crippen molar-refractivity contribution in [2.24, 2.45) is 0 Å². The van der Waals surface area contributed by atoms with Crippen molar-refractivity contribution >= 4 is 34.2 Å². The third kappa shape index (κ3) is 4.21. The minimum atomic E-state index is -0.757. The van der Waals surface area contributed by atoms with Gasteiger partial charge in [0.15, 0.2) is 6.61 Å². The highest BCUT2D eigenvalue weighted by molar-refractivity contribution is 5.96. The van der Waals surface area contributed by atoms with Crippen molar-refractivity contribution < 1.29 is 24.0 Å². The first-order valence-corrected chi connectivity index (χ1v) is 8.13. The van der Waals surface area contributed by atoms with Gasteiger partial charge in [0.05, 0.1) is 23.2 Å². The van der Waals surface area contributed by atoms with Crippen molar-refractivity contribution in [1.82, 2.24) is 4.98 Å². The van der Waals surface area contributed by atoms with E-state index in [1.165, 1.54) is 25.3 Å². The van der Waals surface area contributed by atoms with E-state index in [-0.39, 0.29) is 22.8 Å². The Hall–Kier alpha value is -4.01. The second-order valence-corrected chi connectivity index (χ2v) is 5.66. The quantitative estimate of drug-likeness (QED) is 0.396. The average Bonchev–Trinajstić information content (AvgIpc) is 2.71. The summed E-state index contributed by atoms with van der Waals surface area (Å²) in [5.74, 6) is -1.19. The molecule has 9 heteroatoms. The zero-order valence-electron chi connectivity index (χ0n) is 14.7. The summed E-state index contributed by atoms with van der Waals surface area (Å²) >= 11 is 0. The molecule has 1 N–H and O–H groups in total. The minimum Gasteiger partial charge on any atom is -0.495 e. The molecule has 3 rings (SSSR count). The van der Waals surface area contributed by atoms with Crippen LogP contribution in [0.15, 0.2) is 54.6 Å². The van der Waals surface area contributed by atoms with Crippen LogP contribution in [0.2, 0.25) is 0 Å². The third-order valence-electron chi connectivity index (χ3n) is 3.81. The summed E-state index contributed by atoms with van der Waals surface area (Å²) in [6, 6.07) is 14.3. The summed E-state index contributed by atoms with van der Waals surface area (Å²) < 4.78 is 10.0. The number of ether oxygens (including phenoxy) is 2. The Morgan fingerprint density at radius 3 is 2.68 bits per heavy atom. The SMILES string of the molecule is COc1ccc([N+](=O)[O-])cc1NC(=O)COC(=O)c1ccc2ccccc2n1. The molecular weight excluding hydrogens is 366 g/mol. The summed E-state index contributed by atoms with van der Waals surface area (Å²) in [5, 5.41) is 14.2. The molecule has 0 saturated carbocycles. The van der Waals surface area contributed by atoms with Crippen LogP contribution in [0, 0.1) is 10.1 Å². The van der Waals surface area contributed by atoms with Crippen LogP contribution >= 0.6 is 0 Å². The van der Waals surface area contributed by atoms with Crippen molar-refractivity contribution in [1.29, 1.82) is 0 Å². The van der Waals surface area contributed by atoms with E-state index < -0.39 is 23.4 Å². The van der Waals surface area contributed by atoms with Crippen LogP contribution in [0.1, 0.15) is 10.5 Å². The predicted octanol–water partition coefficient (Wildman–Crippen LogP) is 2.95. The Kier molecular flexibility index (Phi) is 5.45. The monoisotopic (exact) mass is 381 g/mol. The van der Waals surface area contributed by atoms with E-state index in [4.69, 9.17) is 9.47 Å². The van der Waals surface area contributed by atoms with Gasteiger partial charge in [-0.1, -0.05) is 24.3 Å². The average molecular weight is 381 g/mol. The van der Waals surface area contributed by atoms with Crippen molar-refractivity contribution in [2.75, 3.05) is 19.0 Å². The molecule has 3 aromatic rings. The lowest BCUT2D eigenvalue weighted by molar-refractivity contribution is -0.384. The summed E-state index contributed by atoms with van der Waals surface area (Å²) in [5.41, 5.74) is 0.581. The molecule has 1 amide bonds. The molecule has 0 saturated heterocycles. The number of pyridine rings is 1. The van der Waals surface area contributed by atoms with E-state index in [0.717, 1.165) is 11.5 Å². The van der Waals surface area contributed by atoms with E-state index in [1.54, 1.807) is 18.2 Å². The number of hydrogen-bond acceptors (Lipinski definition) is 7. The molecule has 0 bridgehead atoms. The van der Waals surface area contributed by atoms with Gasteiger partial charge in [-0.25, -0.2) is 9.78 Å². The number of carbonyl (C=O) groups is 2. The maximum absolute atomic E-state index is 12.1. The maximum atomic E-state index is 12.1. The van der Waals surface area contributed by atoms with Crippen molar-refractivity contribution in [3.8, 4) is 5.75 Å². The van der Waals surface area contributed by atoms with Crippen molar-refractivity contribution in [3.63, 3.8) is 0 Å². The highest BCUT2D eigenvalue weighted by atomic mass is 16.6. The van der Waals surface area contributed by atoms with Gasteiger partial charge in [-0.15, -0.1) is 0 Å². The number of nitro groups is 1. The van der Waals surface area contributed by atoms with Gasteiger partial charge in [-0.2, -0.15) is 0 Å². The molecule has 1 aromatic heterocycles. The zero-order chi connectivity index (χ0) is 20.1. The summed E-state index contributed by atoms with van der Waals surface area (Å²) in [4.78, 5) is 38.7. The molecule has 142 valence electrons. The van der Waals surface area contributed by atoms with Crippen LogP contribution in [-0.2, 0) is 9.53 Å². The fraction of sp³-hybridized carbons (Fsp3) is 0.105. The third-order valence-corrected chi connectivity index (χ3v) is 3.81. The van der Waals surface area contributed by atoms with Crippen LogP contribution < -0.4 is 10.1 Å². The summed E-state index contributed by atoms with van der Waals surface area (Å²) in [6.07, 6.45) is 0. The van der Waals surface area contributed by atoms with E-state index in [9.17, 15) is 19.7 Å². The number of hydrogen-bond donors (Lipinski definition) is 1. The van der Waals surface area contributed by atoms with Gasteiger partial charge in [0.2, 0.25) is 0 Å². The van der Waals surface area contributed by atoms with E-state index in [1.807, 2.05) is 12.1 Å². The largest absolute Gasteiger partial charge is 0.495 e. The molecule has 0 aliphatic rings. The van der Waals surface area contributed by atoms with Crippen LogP contribution in [0.3, 0.4) is 0 Å². The number of benzene rings is 2. The van der Waals surface area contributed by atoms with E-state index in [2.05, 4.69) is 10.3 Å². The number of nitrogens with zero attached hydrogens (tertiary/aromatic N) is 2. The number of nitro benzene ring substituents is 1. The molecule has 9 nitrogen and oxygen atoms in total. The molecule has 0 atom stereocenters. The van der Waals surface area contributed by atoms with Gasteiger partial charge < -0.3 is 14.8 Å². The predicted molar refractivity (Wildman–Crippen MR) is 100 cm³/mol. The van der Waals surface area contributed by atoms with Gasteiger partial charge in [0, 0.05) is 17.5 Å². The number of amides is 1. The normalized spacial score (nSPS) is 10.3. The van der Waals surface area contributed by atoms with Gasteiger partial charge in [0.25, 0.3) is 11.6 Å². The molecule has 2 aromatic carbocycles. The lowest BCUT2D eigenvalue weighted by atomic mass is 10.2. The number of non-ortho nitro benzene ring substituents is 1. The van der Waals surface area contributed by atoms with E-state index in [0.29, 0.717) is 5.52 Å². The molecule has 28 heavy (non-hydrogen) atoms. The smallest absolute Gasteiger partial charge is 0.357 e. The van der Waals surface area contributed by atoms with Crippen molar-refractivity contribution in [2.45, 2.75) is 0 Å². The Bertz CT molecular complexity index is 1070. The van der Waals surface area contributed by atoms with Gasteiger partial charge in [0.1, 0.15) is 11.4 Å². The molecule has 0 unspecified atom stereocenters. The molecule has 0 radical (unpaired) electrons. The molecule has 0 fully saturated rings. The molecular formula is C19H15N3O6. The topological polar surface area (TPSA) is 121 Å². The van der Waals surface area contributed by atoms with Crippen LogP contribution in [0.4, 0.5) is 11.4 Å². The number of rotatable bonds is 6. The number of fused-ring (bicyclic) bond motifs is 1. The van der Waals surface area contributed by atoms with E-state index >= 15 is 0 Å². The number of methoxy groups -OCH3 is 1.